The van der Waals surface area contributed by atoms with Crippen LogP contribution >= 0.6 is 0 Å². The van der Waals surface area contributed by atoms with Gasteiger partial charge in [0.05, 0.1) is 16.9 Å². The molecule has 9 nitrogen and oxygen atoms in total. The van der Waals surface area contributed by atoms with Crippen LogP contribution in [0.1, 0.15) is 69.4 Å². The van der Waals surface area contributed by atoms with Crippen LogP contribution in [0.15, 0.2) is 36.4 Å². The Morgan fingerprint density at radius 3 is 2.09 bits per heavy atom. The van der Waals surface area contributed by atoms with Gasteiger partial charge in [-0.1, -0.05) is 53.7 Å². The Labute approximate surface area is 191 Å². The molecule has 2 rings (SSSR count). The first-order valence-electron chi connectivity index (χ1n) is 10.3. The number of ether oxygens (including phenoxy) is 1. The fraction of sp³-hybridized carbons (Fsp3) is 0.375. The molecule has 2 N–H and O–H groups in total. The molecule has 0 fully saturated rings. The molecule has 1 amide bonds. The first-order chi connectivity index (χ1) is 15.1. The summed E-state index contributed by atoms with van der Waals surface area (Å²) in [6, 6.07) is 8.64. The highest BCUT2D eigenvalue weighted by molar-refractivity contribution is 6.12. The Bertz CT molecular complexity index is 1110. The van der Waals surface area contributed by atoms with Crippen LogP contribution in [0.3, 0.4) is 0 Å². The van der Waals surface area contributed by atoms with Crippen LogP contribution in [0.4, 0.5) is 16.2 Å². The number of Topliss-reactive ketones (excluding diaryl/α,β-unsaturated/α-hetero) is 1. The number of hydrogen-bond donors (Lipinski definition) is 2. The lowest BCUT2D eigenvalue weighted by Crippen LogP contribution is -2.23. The summed E-state index contributed by atoms with van der Waals surface area (Å²) >= 11 is 0. The molecule has 2 aromatic carbocycles. The quantitative estimate of drug-likeness (QED) is 0.147. The zero-order valence-corrected chi connectivity index (χ0v) is 19.5. The van der Waals surface area contributed by atoms with Crippen LogP contribution < -0.4 is 10.1 Å². The van der Waals surface area contributed by atoms with E-state index < -0.39 is 40.0 Å². The fourth-order valence-electron chi connectivity index (χ4n) is 3.37. The summed E-state index contributed by atoms with van der Waals surface area (Å²) in [5.41, 5.74) is 0.235. The monoisotopic (exact) mass is 456 g/mol. The van der Waals surface area contributed by atoms with Crippen molar-refractivity contribution in [3.05, 3.63) is 63.2 Å². The number of anilines is 1. The SMILES string of the molecule is CC(C)(C)c1cc(C(C)(C)C)c(OC(=O)O)cc1NC(=O)CC(=O)c1ccccc1[N+](=O)[O-]. The Hall–Kier alpha value is -3.75. The third-order valence-electron chi connectivity index (χ3n) is 4.93. The number of amides is 1. The van der Waals surface area contributed by atoms with E-state index in [9.17, 15) is 24.5 Å². The van der Waals surface area contributed by atoms with Crippen molar-refractivity contribution in [2.45, 2.75) is 58.8 Å². The highest BCUT2D eigenvalue weighted by Gasteiger charge is 2.28. The molecule has 0 aromatic heterocycles. The summed E-state index contributed by atoms with van der Waals surface area (Å²) in [6.45, 7) is 11.5. The first-order valence-corrected chi connectivity index (χ1v) is 10.3. The van der Waals surface area contributed by atoms with Crippen molar-refractivity contribution in [2.75, 3.05) is 5.32 Å². The van der Waals surface area contributed by atoms with Crippen LogP contribution in [0.25, 0.3) is 0 Å². The summed E-state index contributed by atoms with van der Waals surface area (Å²) in [7, 11) is 0. The van der Waals surface area contributed by atoms with Gasteiger partial charge in [-0.2, -0.15) is 0 Å². The van der Waals surface area contributed by atoms with Gasteiger partial charge in [-0.05, 0) is 28.5 Å². The smallest absolute Gasteiger partial charge is 0.449 e. The van der Waals surface area contributed by atoms with Gasteiger partial charge in [0.1, 0.15) is 5.75 Å². The molecule has 0 atom stereocenters. The molecule has 0 heterocycles. The number of benzene rings is 2. The highest BCUT2D eigenvalue weighted by Crippen LogP contribution is 2.40. The number of carbonyl (C=O) groups excluding carboxylic acids is 2. The van der Waals surface area contributed by atoms with Crippen molar-refractivity contribution >= 4 is 29.2 Å². The third kappa shape index (κ3) is 6.38. The van der Waals surface area contributed by atoms with Crippen molar-refractivity contribution in [2.24, 2.45) is 0 Å². The van der Waals surface area contributed by atoms with Crippen molar-refractivity contribution in [3.63, 3.8) is 0 Å². The number of rotatable bonds is 6. The topological polar surface area (TPSA) is 136 Å². The van der Waals surface area contributed by atoms with Gasteiger partial charge >= 0.3 is 6.16 Å². The number of nitro benzene ring substituents is 1. The van der Waals surface area contributed by atoms with E-state index in [1.54, 1.807) is 6.07 Å². The van der Waals surface area contributed by atoms with Crippen molar-refractivity contribution < 1.29 is 29.2 Å². The highest BCUT2D eigenvalue weighted by atomic mass is 16.7. The Kier molecular flexibility index (Phi) is 7.26. The molecule has 9 heteroatoms. The van der Waals surface area contributed by atoms with Crippen LogP contribution in [-0.4, -0.2) is 27.9 Å². The van der Waals surface area contributed by atoms with Gasteiger partial charge in [0, 0.05) is 23.4 Å². The van der Waals surface area contributed by atoms with E-state index >= 15 is 0 Å². The molecule has 0 bridgehead atoms. The average Bonchev–Trinajstić information content (AvgIpc) is 2.65. The summed E-state index contributed by atoms with van der Waals surface area (Å²) in [6.07, 6.45) is -2.11. The van der Waals surface area contributed by atoms with Gasteiger partial charge in [0.25, 0.3) is 5.69 Å². The van der Waals surface area contributed by atoms with Crippen LogP contribution in [0.2, 0.25) is 0 Å². The molecule has 0 unspecified atom stereocenters. The van der Waals surface area contributed by atoms with Crippen molar-refractivity contribution in [1.29, 1.82) is 0 Å². The number of nitro groups is 1. The Balaban J connectivity index is 2.45. The minimum absolute atomic E-state index is 0.0725. The second kappa shape index (κ2) is 9.40. The first kappa shape index (κ1) is 25.5. The minimum Gasteiger partial charge on any atom is -0.449 e. The maximum absolute atomic E-state index is 12.7. The third-order valence-corrected chi connectivity index (χ3v) is 4.93. The second-order valence-electron chi connectivity index (χ2n) is 9.68. The molecular formula is C24H28N2O7. The van der Waals surface area contributed by atoms with Crippen LogP contribution in [-0.2, 0) is 15.6 Å². The molecule has 0 saturated carbocycles. The van der Waals surface area contributed by atoms with E-state index in [1.165, 1.54) is 30.3 Å². The van der Waals surface area contributed by atoms with Crippen LogP contribution in [0, 0.1) is 10.1 Å². The molecule has 176 valence electrons. The van der Waals surface area contributed by atoms with Crippen molar-refractivity contribution in [1.82, 2.24) is 0 Å². The Morgan fingerprint density at radius 1 is 1.00 bits per heavy atom. The number of nitrogens with one attached hydrogen (secondary N) is 1. The maximum Gasteiger partial charge on any atom is 0.511 e. The molecule has 0 aliphatic rings. The zero-order valence-electron chi connectivity index (χ0n) is 19.5. The number of ketones is 1. The van der Waals surface area contributed by atoms with Crippen LogP contribution in [0.5, 0.6) is 5.75 Å². The molecular weight excluding hydrogens is 428 g/mol. The van der Waals surface area contributed by atoms with Gasteiger partial charge in [0.15, 0.2) is 5.78 Å². The summed E-state index contributed by atoms with van der Waals surface area (Å²) in [4.78, 5) is 47.0. The van der Waals surface area contributed by atoms with Gasteiger partial charge in [-0.15, -0.1) is 0 Å². The summed E-state index contributed by atoms with van der Waals surface area (Å²) in [5.74, 6) is -1.32. The molecule has 0 aliphatic carbocycles. The van der Waals surface area contributed by atoms with E-state index in [0.717, 1.165) is 5.56 Å². The van der Waals surface area contributed by atoms with E-state index in [4.69, 9.17) is 9.84 Å². The lowest BCUT2D eigenvalue weighted by atomic mass is 9.79. The van der Waals surface area contributed by atoms with Gasteiger partial charge < -0.3 is 15.2 Å². The van der Waals surface area contributed by atoms with Gasteiger partial charge in [-0.3, -0.25) is 19.7 Å². The number of para-hydroxylation sites is 1. The Morgan fingerprint density at radius 2 is 1.58 bits per heavy atom. The number of carbonyl (C=O) groups is 3. The summed E-state index contributed by atoms with van der Waals surface area (Å²) < 4.78 is 4.98. The number of nitrogens with zero attached hydrogens (tertiary/aromatic N) is 1. The normalized spacial score (nSPS) is 11.6. The second-order valence-corrected chi connectivity index (χ2v) is 9.68. The predicted molar refractivity (Wildman–Crippen MR) is 123 cm³/mol. The molecule has 33 heavy (non-hydrogen) atoms. The van der Waals surface area contributed by atoms with E-state index in [1.807, 2.05) is 41.5 Å². The van der Waals surface area contributed by atoms with E-state index in [2.05, 4.69) is 5.32 Å². The number of hydrogen-bond acceptors (Lipinski definition) is 6. The zero-order chi connectivity index (χ0) is 25.1. The maximum atomic E-state index is 12.7. The lowest BCUT2D eigenvalue weighted by molar-refractivity contribution is -0.385. The molecule has 0 saturated heterocycles. The average molecular weight is 456 g/mol. The minimum atomic E-state index is -1.49. The lowest BCUT2D eigenvalue weighted by Gasteiger charge is -2.29. The van der Waals surface area contributed by atoms with E-state index in [0.29, 0.717) is 11.3 Å². The molecule has 0 spiro atoms. The molecule has 0 radical (unpaired) electrons. The standard InChI is InChI=1S/C24H28N2O7/c1-23(2,3)15-11-16(24(4,5)6)20(33-22(29)30)12-17(15)25-21(28)13-19(27)14-9-7-8-10-18(14)26(31)32/h7-12H,13H2,1-6H3,(H,25,28)(H,29,30). The summed E-state index contributed by atoms with van der Waals surface area (Å²) in [5, 5.41) is 23.0. The van der Waals surface area contributed by atoms with Gasteiger partial charge in [-0.25, -0.2) is 4.79 Å². The van der Waals surface area contributed by atoms with Gasteiger partial charge in [0.2, 0.25) is 5.91 Å². The molecule has 2 aromatic rings. The predicted octanol–water partition coefficient (Wildman–Crippen LogP) is 5.46. The van der Waals surface area contributed by atoms with E-state index in [-0.39, 0.29) is 17.0 Å². The molecule has 0 aliphatic heterocycles. The van der Waals surface area contributed by atoms with Crippen molar-refractivity contribution in [3.8, 4) is 5.75 Å². The largest absolute Gasteiger partial charge is 0.511 e. The fourth-order valence-corrected chi connectivity index (χ4v) is 3.37. The number of carboxylic acid groups (broad SMARTS) is 1.